The minimum Gasteiger partial charge on any atom is -0.388 e. The third-order valence-corrected chi connectivity index (χ3v) is 3.33. The molecule has 1 rings (SSSR count). The van der Waals surface area contributed by atoms with Gasteiger partial charge in [0.05, 0.1) is 5.60 Å². The zero-order valence-corrected chi connectivity index (χ0v) is 9.01. The molecule has 0 aromatic carbocycles. The van der Waals surface area contributed by atoms with Crippen LogP contribution in [-0.4, -0.2) is 40.8 Å². The Morgan fingerprint density at radius 1 is 1.38 bits per heavy atom. The Hall–Kier alpha value is -0.120. The summed E-state index contributed by atoms with van der Waals surface area (Å²) >= 11 is 0. The van der Waals surface area contributed by atoms with Crippen molar-refractivity contribution < 1.29 is 5.11 Å². The monoisotopic (exact) mass is 186 g/mol. The maximum absolute atomic E-state index is 10.3. The van der Waals surface area contributed by atoms with Gasteiger partial charge in [0.1, 0.15) is 0 Å². The molecule has 1 aliphatic rings. The predicted octanol–water partition coefficient (Wildman–Crippen LogP) is 0.570. The van der Waals surface area contributed by atoms with Gasteiger partial charge in [0, 0.05) is 18.6 Å². The summed E-state index contributed by atoms with van der Waals surface area (Å²) in [4.78, 5) is 2.35. The number of hydrogen-bond acceptors (Lipinski definition) is 3. The molecule has 0 radical (unpaired) electrons. The van der Waals surface area contributed by atoms with E-state index in [4.69, 9.17) is 5.73 Å². The SMILES string of the molecule is CCN1CCC(O)(C(C)(C)N)CC1. The van der Waals surface area contributed by atoms with Crippen LogP contribution < -0.4 is 5.73 Å². The molecule has 0 aliphatic carbocycles. The van der Waals surface area contributed by atoms with Crippen molar-refractivity contribution in [2.75, 3.05) is 19.6 Å². The zero-order valence-electron chi connectivity index (χ0n) is 9.01. The van der Waals surface area contributed by atoms with Crippen LogP contribution in [0.4, 0.5) is 0 Å². The van der Waals surface area contributed by atoms with E-state index in [0.29, 0.717) is 0 Å². The Morgan fingerprint density at radius 2 is 1.85 bits per heavy atom. The van der Waals surface area contributed by atoms with E-state index in [1.807, 2.05) is 13.8 Å². The first-order chi connectivity index (χ1) is 5.89. The second kappa shape index (κ2) is 3.56. The van der Waals surface area contributed by atoms with E-state index in [-0.39, 0.29) is 0 Å². The topological polar surface area (TPSA) is 49.5 Å². The molecule has 3 heteroatoms. The summed E-state index contributed by atoms with van der Waals surface area (Å²) in [5, 5.41) is 10.3. The number of aliphatic hydroxyl groups is 1. The van der Waals surface area contributed by atoms with E-state index < -0.39 is 11.1 Å². The molecule has 3 nitrogen and oxygen atoms in total. The third kappa shape index (κ3) is 2.22. The van der Waals surface area contributed by atoms with Crippen LogP contribution in [0, 0.1) is 0 Å². The molecule has 3 N–H and O–H groups in total. The van der Waals surface area contributed by atoms with Crippen LogP contribution in [0.1, 0.15) is 33.6 Å². The molecule has 0 aromatic heterocycles. The Bertz CT molecular complexity index is 166. The minimum absolute atomic E-state index is 0.479. The first kappa shape index (κ1) is 11.0. The molecule has 0 amide bonds. The van der Waals surface area contributed by atoms with Gasteiger partial charge in [-0.15, -0.1) is 0 Å². The average molecular weight is 186 g/mol. The van der Waals surface area contributed by atoms with E-state index >= 15 is 0 Å². The van der Waals surface area contributed by atoms with Gasteiger partial charge in [-0.3, -0.25) is 0 Å². The largest absolute Gasteiger partial charge is 0.388 e. The summed E-state index contributed by atoms with van der Waals surface area (Å²) in [5.41, 5.74) is 4.82. The molecular weight excluding hydrogens is 164 g/mol. The lowest BCUT2D eigenvalue weighted by atomic mass is 9.76. The molecule has 0 atom stereocenters. The minimum atomic E-state index is -0.668. The molecule has 0 unspecified atom stereocenters. The summed E-state index contributed by atoms with van der Waals surface area (Å²) in [5.74, 6) is 0. The van der Waals surface area contributed by atoms with Crippen molar-refractivity contribution in [1.82, 2.24) is 4.90 Å². The Labute approximate surface area is 80.9 Å². The van der Waals surface area contributed by atoms with Crippen LogP contribution in [0.25, 0.3) is 0 Å². The lowest BCUT2D eigenvalue weighted by molar-refractivity contribution is -0.0680. The standard InChI is InChI=1S/C10H22N2O/c1-4-12-7-5-10(13,6-8-12)9(2,3)11/h13H,4-8,11H2,1-3H3. The molecule has 0 bridgehead atoms. The fourth-order valence-corrected chi connectivity index (χ4v) is 1.88. The van der Waals surface area contributed by atoms with Crippen LogP contribution in [0.2, 0.25) is 0 Å². The number of rotatable bonds is 2. The highest BCUT2D eigenvalue weighted by Gasteiger charge is 2.42. The first-order valence-electron chi connectivity index (χ1n) is 5.13. The Balaban J connectivity index is 2.57. The summed E-state index contributed by atoms with van der Waals surface area (Å²) in [6.07, 6.45) is 1.59. The first-order valence-corrected chi connectivity index (χ1v) is 5.13. The van der Waals surface area contributed by atoms with Crippen molar-refractivity contribution in [3.63, 3.8) is 0 Å². The predicted molar refractivity (Wildman–Crippen MR) is 54.6 cm³/mol. The molecule has 1 saturated heterocycles. The number of likely N-dealkylation sites (tertiary alicyclic amines) is 1. The molecule has 1 fully saturated rings. The van der Waals surface area contributed by atoms with E-state index in [1.54, 1.807) is 0 Å². The number of hydrogen-bond donors (Lipinski definition) is 2. The lowest BCUT2D eigenvalue weighted by Gasteiger charge is -2.45. The fourth-order valence-electron chi connectivity index (χ4n) is 1.88. The molecule has 0 saturated carbocycles. The van der Waals surface area contributed by atoms with Gasteiger partial charge in [-0.25, -0.2) is 0 Å². The second-order valence-electron chi connectivity index (χ2n) is 4.69. The van der Waals surface area contributed by atoms with Crippen LogP contribution in [-0.2, 0) is 0 Å². The van der Waals surface area contributed by atoms with Gasteiger partial charge in [0.25, 0.3) is 0 Å². The van der Waals surface area contributed by atoms with Crippen molar-refractivity contribution in [3.8, 4) is 0 Å². The van der Waals surface area contributed by atoms with Crippen molar-refractivity contribution in [2.45, 2.75) is 44.8 Å². The van der Waals surface area contributed by atoms with E-state index in [0.717, 1.165) is 32.5 Å². The highest BCUT2D eigenvalue weighted by atomic mass is 16.3. The summed E-state index contributed by atoms with van der Waals surface area (Å²) in [6.45, 7) is 8.98. The van der Waals surface area contributed by atoms with Gasteiger partial charge >= 0.3 is 0 Å². The van der Waals surface area contributed by atoms with Crippen LogP contribution in [0.15, 0.2) is 0 Å². The average Bonchev–Trinajstić information content (AvgIpc) is 2.04. The molecule has 1 heterocycles. The van der Waals surface area contributed by atoms with Gasteiger partial charge in [0.2, 0.25) is 0 Å². The normalized spacial score (nSPS) is 24.7. The smallest absolute Gasteiger partial charge is 0.0845 e. The van der Waals surface area contributed by atoms with Crippen LogP contribution in [0.3, 0.4) is 0 Å². The van der Waals surface area contributed by atoms with Crippen molar-refractivity contribution in [1.29, 1.82) is 0 Å². The molecular formula is C10H22N2O. The summed E-state index contributed by atoms with van der Waals surface area (Å²) in [7, 11) is 0. The summed E-state index contributed by atoms with van der Waals surface area (Å²) in [6, 6.07) is 0. The Morgan fingerprint density at radius 3 is 2.15 bits per heavy atom. The molecule has 0 aromatic rings. The fraction of sp³-hybridized carbons (Fsp3) is 1.00. The van der Waals surface area contributed by atoms with Gasteiger partial charge < -0.3 is 15.7 Å². The van der Waals surface area contributed by atoms with Gasteiger partial charge in [-0.05, 0) is 33.2 Å². The van der Waals surface area contributed by atoms with Crippen LogP contribution in [0.5, 0.6) is 0 Å². The van der Waals surface area contributed by atoms with Crippen molar-refractivity contribution in [2.24, 2.45) is 5.73 Å². The van der Waals surface area contributed by atoms with Gasteiger partial charge in [0.15, 0.2) is 0 Å². The Kier molecular flexibility index (Phi) is 3.00. The van der Waals surface area contributed by atoms with Gasteiger partial charge in [-0.1, -0.05) is 6.92 Å². The van der Waals surface area contributed by atoms with Crippen LogP contribution >= 0.6 is 0 Å². The molecule has 0 spiro atoms. The molecule has 13 heavy (non-hydrogen) atoms. The maximum Gasteiger partial charge on any atom is 0.0845 e. The molecule has 78 valence electrons. The van der Waals surface area contributed by atoms with Gasteiger partial charge in [-0.2, -0.15) is 0 Å². The maximum atomic E-state index is 10.3. The highest BCUT2D eigenvalue weighted by molar-refractivity contribution is 5.00. The van der Waals surface area contributed by atoms with Crippen molar-refractivity contribution >= 4 is 0 Å². The van der Waals surface area contributed by atoms with E-state index in [2.05, 4.69) is 11.8 Å². The number of nitrogens with two attached hydrogens (primary N) is 1. The van der Waals surface area contributed by atoms with E-state index in [1.165, 1.54) is 0 Å². The molecule has 1 aliphatic heterocycles. The number of nitrogens with zero attached hydrogens (tertiary/aromatic N) is 1. The highest BCUT2D eigenvalue weighted by Crippen LogP contribution is 2.30. The second-order valence-corrected chi connectivity index (χ2v) is 4.69. The van der Waals surface area contributed by atoms with E-state index in [9.17, 15) is 5.11 Å². The zero-order chi connectivity index (χ0) is 10.1. The lowest BCUT2D eigenvalue weighted by Crippen LogP contribution is -2.61. The number of piperidine rings is 1. The summed E-state index contributed by atoms with van der Waals surface area (Å²) < 4.78 is 0. The quantitative estimate of drug-likeness (QED) is 0.663. The third-order valence-electron chi connectivity index (χ3n) is 3.33. The van der Waals surface area contributed by atoms with Crippen molar-refractivity contribution in [3.05, 3.63) is 0 Å².